The summed E-state index contributed by atoms with van der Waals surface area (Å²) in [5.74, 6) is -2.58. The Morgan fingerprint density at radius 1 is 1.11 bits per heavy atom. The van der Waals surface area contributed by atoms with Crippen LogP contribution in [0.1, 0.15) is 72.6 Å². The number of para-hydroxylation sites is 1. The van der Waals surface area contributed by atoms with Crippen LogP contribution in [0.2, 0.25) is 0 Å². The van der Waals surface area contributed by atoms with Crippen molar-refractivity contribution in [3.8, 4) is 5.75 Å². The standard InChI is InChI=1S/C32H45FN3O8P/c1-5-11-24(12-6-2)19-41-30(38)23(4)20-45(40,44-26-14-9-8-10-15-26)43-22-32(21-42-28(37)13-7-3)16-25(32)17-36-18-27(33)29(34)35-31(36)39/h8-10,14-15,17-18,23-24H,5-7,11-13,16,19-22H2,1-4H3,(H2,34,35,39)/b25-17-/t23-,32?,45+/m1/s1. The van der Waals surface area contributed by atoms with Crippen molar-refractivity contribution in [3.63, 3.8) is 0 Å². The number of benzene rings is 1. The maximum atomic E-state index is 14.2. The number of hydrogen-bond acceptors (Lipinski definition) is 10. The largest absolute Gasteiger partial charge is 0.465 e. The SMILES string of the molecule is CCCC(=O)OCC1(CO[P@@](=O)(C[C@@H](C)C(=O)OCC(CCC)CCC)Oc2ccccc2)C/C1=C/n1cc(F)c(N)nc1=O. The lowest BCUT2D eigenvalue weighted by Crippen LogP contribution is -2.25. The van der Waals surface area contributed by atoms with Gasteiger partial charge in [0.1, 0.15) is 12.4 Å². The third kappa shape index (κ3) is 10.8. The molecule has 248 valence electrons. The van der Waals surface area contributed by atoms with E-state index >= 15 is 0 Å². The highest BCUT2D eigenvalue weighted by Gasteiger charge is 2.52. The average Bonchev–Trinajstić information content (AvgIpc) is 3.69. The fraction of sp³-hybridized carbons (Fsp3) is 0.562. The van der Waals surface area contributed by atoms with E-state index in [0.717, 1.165) is 36.4 Å². The summed E-state index contributed by atoms with van der Waals surface area (Å²) in [5.41, 5.74) is 4.22. The normalized spacial score (nSPS) is 18.8. The Kier molecular flexibility index (Phi) is 13.4. The van der Waals surface area contributed by atoms with Gasteiger partial charge in [0.05, 0.1) is 36.9 Å². The Balaban J connectivity index is 1.82. The zero-order valence-electron chi connectivity index (χ0n) is 26.5. The Hall–Kier alpha value is -3.50. The maximum Gasteiger partial charge on any atom is 0.380 e. The molecule has 1 unspecified atom stereocenters. The topological polar surface area (TPSA) is 149 Å². The van der Waals surface area contributed by atoms with Crippen molar-refractivity contribution in [3.05, 3.63) is 58.4 Å². The zero-order chi connectivity index (χ0) is 33.0. The van der Waals surface area contributed by atoms with Crippen molar-refractivity contribution < 1.29 is 37.1 Å². The molecule has 0 radical (unpaired) electrons. The number of hydrogen-bond donors (Lipinski definition) is 1. The number of esters is 2. The van der Waals surface area contributed by atoms with Crippen LogP contribution in [0.4, 0.5) is 10.2 Å². The van der Waals surface area contributed by atoms with E-state index in [1.165, 1.54) is 6.20 Å². The summed E-state index contributed by atoms with van der Waals surface area (Å²) >= 11 is 0. The molecule has 3 atom stereocenters. The summed E-state index contributed by atoms with van der Waals surface area (Å²) < 4.78 is 52.3. The van der Waals surface area contributed by atoms with Gasteiger partial charge in [0.15, 0.2) is 11.6 Å². The van der Waals surface area contributed by atoms with Gasteiger partial charge < -0.3 is 19.7 Å². The third-order valence-electron chi connectivity index (χ3n) is 7.56. The number of rotatable bonds is 19. The minimum Gasteiger partial charge on any atom is -0.465 e. The van der Waals surface area contributed by atoms with Crippen molar-refractivity contribution in [2.75, 3.05) is 31.7 Å². The molecule has 0 amide bonds. The molecule has 0 bridgehead atoms. The molecule has 45 heavy (non-hydrogen) atoms. The molecular formula is C32H45FN3O8P. The number of ether oxygens (including phenoxy) is 2. The van der Waals surface area contributed by atoms with Gasteiger partial charge in [-0.05, 0) is 49.3 Å². The number of nitrogens with two attached hydrogens (primary N) is 1. The second kappa shape index (κ2) is 16.7. The maximum absolute atomic E-state index is 14.2. The smallest absolute Gasteiger partial charge is 0.380 e. The minimum absolute atomic E-state index is 0.128. The van der Waals surface area contributed by atoms with Gasteiger partial charge in [0, 0.05) is 12.6 Å². The molecule has 0 aliphatic heterocycles. The number of aromatic nitrogens is 2. The summed E-state index contributed by atoms with van der Waals surface area (Å²) in [4.78, 5) is 41.0. The van der Waals surface area contributed by atoms with Crippen LogP contribution in [-0.2, 0) is 28.2 Å². The van der Waals surface area contributed by atoms with Crippen molar-refractivity contribution in [1.29, 1.82) is 0 Å². The van der Waals surface area contributed by atoms with Crippen LogP contribution in [0.15, 0.2) is 46.9 Å². The Morgan fingerprint density at radius 2 is 1.80 bits per heavy atom. The molecule has 1 aromatic heterocycles. The van der Waals surface area contributed by atoms with Gasteiger partial charge in [-0.2, -0.15) is 4.98 Å². The molecule has 0 saturated heterocycles. The molecule has 1 heterocycles. The zero-order valence-corrected chi connectivity index (χ0v) is 27.4. The molecule has 11 nitrogen and oxygen atoms in total. The van der Waals surface area contributed by atoms with Gasteiger partial charge in [-0.15, -0.1) is 0 Å². The number of anilines is 1. The van der Waals surface area contributed by atoms with E-state index in [0.29, 0.717) is 18.4 Å². The van der Waals surface area contributed by atoms with E-state index in [4.69, 9.17) is 24.3 Å². The molecular weight excluding hydrogens is 604 g/mol. The fourth-order valence-electron chi connectivity index (χ4n) is 4.90. The molecule has 13 heteroatoms. The van der Waals surface area contributed by atoms with Crippen LogP contribution in [-0.4, -0.2) is 47.5 Å². The minimum atomic E-state index is -4.00. The summed E-state index contributed by atoms with van der Waals surface area (Å²) in [6.45, 7) is 7.56. The molecule has 1 aliphatic carbocycles. The van der Waals surface area contributed by atoms with E-state index in [2.05, 4.69) is 18.8 Å². The van der Waals surface area contributed by atoms with Crippen molar-refractivity contribution >= 4 is 31.6 Å². The van der Waals surface area contributed by atoms with E-state index in [1.54, 1.807) is 37.3 Å². The number of carbonyl (C=O) groups is 2. The van der Waals surface area contributed by atoms with Gasteiger partial charge in [-0.1, -0.05) is 58.7 Å². The molecule has 2 aromatic rings. The van der Waals surface area contributed by atoms with Crippen molar-refractivity contribution in [2.45, 2.75) is 72.6 Å². The van der Waals surface area contributed by atoms with Crippen LogP contribution >= 0.6 is 7.60 Å². The lowest BCUT2D eigenvalue weighted by Gasteiger charge is -2.25. The first-order valence-corrected chi connectivity index (χ1v) is 17.2. The molecule has 2 N–H and O–H groups in total. The summed E-state index contributed by atoms with van der Waals surface area (Å²) in [6.07, 6.45) is 6.96. The van der Waals surface area contributed by atoms with Crippen LogP contribution in [0.25, 0.3) is 6.20 Å². The predicted molar refractivity (Wildman–Crippen MR) is 169 cm³/mol. The number of nitrogens with zero attached hydrogens (tertiary/aromatic N) is 2. The van der Waals surface area contributed by atoms with Crippen LogP contribution in [0.3, 0.4) is 0 Å². The second-order valence-electron chi connectivity index (χ2n) is 11.6. The van der Waals surface area contributed by atoms with E-state index in [-0.39, 0.29) is 44.1 Å². The van der Waals surface area contributed by atoms with Crippen molar-refractivity contribution in [1.82, 2.24) is 9.55 Å². The average molecular weight is 650 g/mol. The van der Waals surface area contributed by atoms with Gasteiger partial charge in [-0.3, -0.25) is 18.7 Å². The molecule has 1 saturated carbocycles. The lowest BCUT2D eigenvalue weighted by molar-refractivity contribution is -0.149. The fourth-order valence-corrected chi connectivity index (χ4v) is 6.84. The Morgan fingerprint density at radius 3 is 2.44 bits per heavy atom. The summed E-state index contributed by atoms with van der Waals surface area (Å²) in [7, 11) is -4.00. The first kappa shape index (κ1) is 36.0. The molecule has 1 fully saturated rings. The van der Waals surface area contributed by atoms with E-state index in [9.17, 15) is 23.3 Å². The van der Waals surface area contributed by atoms with Gasteiger partial charge in [0.2, 0.25) is 0 Å². The summed E-state index contributed by atoms with van der Waals surface area (Å²) in [5, 5.41) is 0. The Labute approximate surface area is 263 Å². The second-order valence-corrected chi connectivity index (χ2v) is 13.7. The first-order chi connectivity index (χ1) is 21.4. The van der Waals surface area contributed by atoms with Gasteiger partial charge >= 0.3 is 25.2 Å². The molecule has 1 aliphatic rings. The quantitative estimate of drug-likeness (QED) is 0.137. The van der Waals surface area contributed by atoms with Gasteiger partial charge in [0.25, 0.3) is 0 Å². The highest BCUT2D eigenvalue weighted by Crippen LogP contribution is 2.58. The summed E-state index contributed by atoms with van der Waals surface area (Å²) in [6, 6.07) is 8.46. The predicted octanol–water partition coefficient (Wildman–Crippen LogP) is 6.22. The van der Waals surface area contributed by atoms with Crippen molar-refractivity contribution in [2.24, 2.45) is 17.3 Å². The number of nitrogen functional groups attached to an aromatic ring is 1. The lowest BCUT2D eigenvalue weighted by atomic mass is 9.99. The van der Waals surface area contributed by atoms with Gasteiger partial charge in [-0.25, -0.2) is 13.8 Å². The number of halogens is 1. The highest BCUT2D eigenvalue weighted by atomic mass is 31.2. The monoisotopic (exact) mass is 649 g/mol. The van der Waals surface area contributed by atoms with E-state index in [1.807, 2.05) is 6.92 Å². The number of carbonyl (C=O) groups excluding carboxylic acids is 2. The third-order valence-corrected chi connectivity index (χ3v) is 9.56. The molecule has 1 aromatic carbocycles. The van der Waals surface area contributed by atoms with Crippen LogP contribution in [0, 0.1) is 23.1 Å². The van der Waals surface area contributed by atoms with E-state index < -0.39 is 48.2 Å². The highest BCUT2D eigenvalue weighted by molar-refractivity contribution is 7.54. The molecule has 3 rings (SSSR count). The molecule has 0 spiro atoms. The van der Waals surface area contributed by atoms with Crippen LogP contribution in [0.5, 0.6) is 5.75 Å². The van der Waals surface area contributed by atoms with Crippen LogP contribution < -0.4 is 15.9 Å². The Bertz CT molecular complexity index is 1430. The first-order valence-electron chi connectivity index (χ1n) is 15.5.